The number of aliphatic carboxylic acids is 1. The first-order valence-electron chi connectivity index (χ1n) is 6.74. The lowest BCUT2D eigenvalue weighted by Crippen LogP contribution is -2.36. The Morgan fingerprint density at radius 1 is 1.32 bits per heavy atom. The molecule has 2 aliphatic rings. The molecule has 2 rings (SSSR count). The Kier molecular flexibility index (Phi) is 4.24. The van der Waals surface area contributed by atoms with Gasteiger partial charge in [0, 0.05) is 6.61 Å². The lowest BCUT2D eigenvalue weighted by Gasteiger charge is -2.24. The van der Waals surface area contributed by atoms with Gasteiger partial charge in [-0.3, -0.25) is 9.59 Å². The lowest BCUT2D eigenvalue weighted by molar-refractivity contribution is -0.163. The quantitative estimate of drug-likeness (QED) is 0.583. The second-order valence-corrected chi connectivity index (χ2v) is 5.25. The van der Waals surface area contributed by atoms with Crippen LogP contribution in [-0.2, 0) is 19.1 Å². The number of esters is 1. The minimum Gasteiger partial charge on any atom is -0.481 e. The van der Waals surface area contributed by atoms with Gasteiger partial charge in [-0.2, -0.15) is 0 Å². The van der Waals surface area contributed by atoms with E-state index < -0.39 is 23.8 Å². The van der Waals surface area contributed by atoms with Gasteiger partial charge in [-0.15, -0.1) is 0 Å². The molecule has 1 N–H and O–H groups in total. The number of hydrogen-bond donors (Lipinski definition) is 1. The molecule has 0 radical (unpaired) electrons. The zero-order chi connectivity index (χ0) is 14.0. The fourth-order valence-electron chi connectivity index (χ4n) is 3.07. The molecule has 2 aliphatic carbocycles. The number of fused-ring (bicyclic) bond motifs is 2. The molecule has 0 aromatic carbocycles. The van der Waals surface area contributed by atoms with Crippen molar-refractivity contribution in [3.05, 3.63) is 12.2 Å². The van der Waals surface area contributed by atoms with Gasteiger partial charge in [-0.25, -0.2) is 0 Å². The highest BCUT2D eigenvalue weighted by Gasteiger charge is 2.52. The number of carboxylic acid groups (broad SMARTS) is 1. The van der Waals surface area contributed by atoms with Crippen LogP contribution in [0.25, 0.3) is 0 Å². The van der Waals surface area contributed by atoms with E-state index in [0.717, 1.165) is 6.42 Å². The van der Waals surface area contributed by atoms with Gasteiger partial charge in [0.15, 0.2) is 0 Å². The maximum atomic E-state index is 12.1. The van der Waals surface area contributed by atoms with Crippen molar-refractivity contribution in [2.45, 2.75) is 26.4 Å². The first-order valence-corrected chi connectivity index (χ1v) is 6.74. The van der Waals surface area contributed by atoms with E-state index in [2.05, 4.69) is 0 Å². The molecule has 2 bridgehead atoms. The second-order valence-electron chi connectivity index (χ2n) is 5.25. The minimum absolute atomic E-state index is 0.0119. The van der Waals surface area contributed by atoms with Crippen molar-refractivity contribution in [3.8, 4) is 0 Å². The highest BCUT2D eigenvalue weighted by atomic mass is 16.6. The fourth-order valence-corrected chi connectivity index (χ4v) is 3.07. The molecule has 19 heavy (non-hydrogen) atoms. The van der Waals surface area contributed by atoms with Gasteiger partial charge < -0.3 is 14.6 Å². The number of rotatable bonds is 6. The largest absolute Gasteiger partial charge is 0.481 e. The highest BCUT2D eigenvalue weighted by molar-refractivity contribution is 5.83. The first kappa shape index (κ1) is 14.1. The highest BCUT2D eigenvalue weighted by Crippen LogP contribution is 2.48. The van der Waals surface area contributed by atoms with Gasteiger partial charge in [-0.05, 0) is 32.1 Å². The Labute approximate surface area is 112 Å². The maximum Gasteiger partial charge on any atom is 0.310 e. The molecule has 5 unspecified atom stereocenters. The van der Waals surface area contributed by atoms with Crippen LogP contribution >= 0.6 is 0 Å². The van der Waals surface area contributed by atoms with Gasteiger partial charge in [0.05, 0.1) is 18.4 Å². The van der Waals surface area contributed by atoms with Gasteiger partial charge >= 0.3 is 11.9 Å². The molecule has 1 fully saturated rings. The second kappa shape index (κ2) is 5.74. The molecule has 106 valence electrons. The van der Waals surface area contributed by atoms with Gasteiger partial charge in [-0.1, -0.05) is 12.2 Å². The van der Waals surface area contributed by atoms with E-state index in [0.29, 0.717) is 13.2 Å². The van der Waals surface area contributed by atoms with E-state index in [4.69, 9.17) is 9.47 Å². The number of carbonyl (C=O) groups excluding carboxylic acids is 1. The van der Waals surface area contributed by atoms with Crippen molar-refractivity contribution >= 4 is 11.9 Å². The lowest BCUT2D eigenvalue weighted by atomic mass is 9.83. The van der Waals surface area contributed by atoms with Gasteiger partial charge in [0.25, 0.3) is 0 Å². The van der Waals surface area contributed by atoms with Crippen LogP contribution < -0.4 is 0 Å². The number of hydrogen-bond acceptors (Lipinski definition) is 4. The molecule has 0 saturated heterocycles. The molecule has 0 spiro atoms. The molecule has 0 aromatic rings. The number of allylic oxidation sites excluding steroid dienone is 2. The van der Waals surface area contributed by atoms with Crippen molar-refractivity contribution < 1.29 is 24.2 Å². The average molecular weight is 268 g/mol. The third-order valence-electron chi connectivity index (χ3n) is 3.89. The Morgan fingerprint density at radius 3 is 2.53 bits per heavy atom. The SMILES string of the molecule is CCOCC(C)OC(=O)C1C2C=CC(C2)C1C(=O)O. The number of carboxylic acids is 1. The van der Waals surface area contributed by atoms with Crippen molar-refractivity contribution in [3.63, 3.8) is 0 Å². The predicted molar refractivity (Wildman–Crippen MR) is 67.4 cm³/mol. The van der Waals surface area contributed by atoms with E-state index in [1.165, 1.54) is 0 Å². The smallest absolute Gasteiger partial charge is 0.310 e. The molecule has 5 heteroatoms. The van der Waals surface area contributed by atoms with E-state index in [-0.39, 0.29) is 17.9 Å². The van der Waals surface area contributed by atoms with Crippen LogP contribution in [0, 0.1) is 23.7 Å². The minimum atomic E-state index is -0.906. The van der Waals surface area contributed by atoms with Crippen LogP contribution in [0.5, 0.6) is 0 Å². The summed E-state index contributed by atoms with van der Waals surface area (Å²) in [4.78, 5) is 23.4. The van der Waals surface area contributed by atoms with E-state index >= 15 is 0 Å². The van der Waals surface area contributed by atoms with Crippen molar-refractivity contribution in [2.75, 3.05) is 13.2 Å². The Hall–Kier alpha value is -1.36. The van der Waals surface area contributed by atoms with Crippen LogP contribution in [0.2, 0.25) is 0 Å². The van der Waals surface area contributed by atoms with Gasteiger partial charge in [0.2, 0.25) is 0 Å². The molecule has 0 heterocycles. The fraction of sp³-hybridized carbons (Fsp3) is 0.714. The van der Waals surface area contributed by atoms with Crippen LogP contribution in [-0.4, -0.2) is 36.4 Å². The van der Waals surface area contributed by atoms with Crippen molar-refractivity contribution in [1.29, 1.82) is 0 Å². The topological polar surface area (TPSA) is 72.8 Å². The summed E-state index contributed by atoms with van der Waals surface area (Å²) < 4.78 is 10.5. The predicted octanol–water partition coefficient (Wildman–Crippen LogP) is 1.48. The van der Waals surface area contributed by atoms with Crippen LogP contribution in [0.1, 0.15) is 20.3 Å². The monoisotopic (exact) mass is 268 g/mol. The molecule has 0 amide bonds. The molecule has 0 aromatic heterocycles. The maximum absolute atomic E-state index is 12.1. The van der Waals surface area contributed by atoms with E-state index in [9.17, 15) is 14.7 Å². The standard InChI is InChI=1S/C14H20O5/c1-3-18-7-8(2)19-14(17)12-10-5-4-9(6-10)11(12)13(15)16/h4-5,8-12H,3,6-7H2,1-2H3,(H,15,16). The molecule has 0 aliphatic heterocycles. The Bertz CT molecular complexity index is 389. The number of ether oxygens (including phenoxy) is 2. The van der Waals surface area contributed by atoms with E-state index in [1.54, 1.807) is 6.92 Å². The molecular weight excluding hydrogens is 248 g/mol. The molecular formula is C14H20O5. The van der Waals surface area contributed by atoms with Gasteiger partial charge in [0.1, 0.15) is 6.10 Å². The summed E-state index contributed by atoms with van der Waals surface area (Å²) in [6, 6.07) is 0. The van der Waals surface area contributed by atoms with Crippen LogP contribution in [0.15, 0.2) is 12.2 Å². The summed E-state index contributed by atoms with van der Waals surface area (Å²) in [6.07, 6.45) is 4.27. The van der Waals surface area contributed by atoms with Crippen LogP contribution in [0.4, 0.5) is 0 Å². The zero-order valence-electron chi connectivity index (χ0n) is 11.2. The Morgan fingerprint density at radius 2 is 1.95 bits per heavy atom. The summed E-state index contributed by atoms with van der Waals surface area (Å²) in [5.41, 5.74) is 0. The third-order valence-corrected chi connectivity index (χ3v) is 3.89. The molecule has 5 atom stereocenters. The Balaban J connectivity index is 1.98. The third kappa shape index (κ3) is 2.81. The normalized spacial score (nSPS) is 33.4. The van der Waals surface area contributed by atoms with E-state index in [1.807, 2.05) is 19.1 Å². The zero-order valence-corrected chi connectivity index (χ0v) is 11.2. The summed E-state index contributed by atoms with van der Waals surface area (Å²) in [5.74, 6) is -2.51. The van der Waals surface area contributed by atoms with Crippen molar-refractivity contribution in [2.24, 2.45) is 23.7 Å². The first-order chi connectivity index (χ1) is 9.04. The summed E-state index contributed by atoms with van der Waals surface area (Å²) in [7, 11) is 0. The summed E-state index contributed by atoms with van der Waals surface area (Å²) in [5, 5.41) is 9.26. The summed E-state index contributed by atoms with van der Waals surface area (Å²) >= 11 is 0. The van der Waals surface area contributed by atoms with Crippen LogP contribution in [0.3, 0.4) is 0 Å². The molecule has 1 saturated carbocycles. The summed E-state index contributed by atoms with van der Waals surface area (Å²) in [6.45, 7) is 4.54. The molecule has 5 nitrogen and oxygen atoms in total. The average Bonchev–Trinajstić information content (AvgIpc) is 2.95. The van der Waals surface area contributed by atoms with Crippen molar-refractivity contribution in [1.82, 2.24) is 0 Å². The number of carbonyl (C=O) groups is 2.